The first-order chi connectivity index (χ1) is 11.0. The number of hydrogen-bond donors (Lipinski definition) is 5. The molecule has 0 saturated heterocycles. The van der Waals surface area contributed by atoms with Crippen molar-refractivity contribution in [3.63, 3.8) is 0 Å². The molecule has 122 valence electrons. The molecule has 6 heteroatoms. The van der Waals surface area contributed by atoms with Gasteiger partial charge in [-0.2, -0.15) is 0 Å². The molecule has 5 N–H and O–H groups in total. The number of benzene rings is 2. The van der Waals surface area contributed by atoms with E-state index in [1.54, 1.807) is 18.2 Å². The molecule has 0 aromatic heterocycles. The Balaban J connectivity index is 1.93. The fraction of sp³-hybridized carbons (Fsp3) is 0.294. The molecule has 0 aliphatic carbocycles. The number of methoxy groups -OCH3 is 1. The zero-order valence-electron chi connectivity index (χ0n) is 12.7. The van der Waals surface area contributed by atoms with Gasteiger partial charge in [0.1, 0.15) is 0 Å². The van der Waals surface area contributed by atoms with Gasteiger partial charge in [-0.1, -0.05) is 6.07 Å². The molecule has 2 aromatic rings. The molecule has 2 aromatic carbocycles. The maximum absolute atomic E-state index is 10.1. The summed E-state index contributed by atoms with van der Waals surface area (Å²) in [6, 6.07) is 7.87. The van der Waals surface area contributed by atoms with Crippen molar-refractivity contribution in [1.29, 1.82) is 0 Å². The maximum Gasteiger partial charge on any atom is 0.160 e. The quantitative estimate of drug-likeness (QED) is 0.553. The van der Waals surface area contributed by atoms with E-state index in [2.05, 4.69) is 5.32 Å². The summed E-state index contributed by atoms with van der Waals surface area (Å²) in [5, 5.41) is 42.4. The lowest BCUT2D eigenvalue weighted by Crippen LogP contribution is -2.34. The molecule has 1 aliphatic heterocycles. The van der Waals surface area contributed by atoms with Crippen molar-refractivity contribution in [2.75, 3.05) is 13.7 Å². The molecular formula is C17H19NO5. The third kappa shape index (κ3) is 2.91. The molecule has 2 unspecified atom stereocenters. The number of fused-ring (bicyclic) bond motifs is 1. The maximum atomic E-state index is 10.1. The molecule has 23 heavy (non-hydrogen) atoms. The van der Waals surface area contributed by atoms with Gasteiger partial charge in [-0.15, -0.1) is 0 Å². The highest BCUT2D eigenvalue weighted by Crippen LogP contribution is 2.38. The number of phenols is 3. The van der Waals surface area contributed by atoms with Crippen LogP contribution in [-0.4, -0.2) is 34.1 Å². The zero-order valence-corrected chi connectivity index (χ0v) is 12.7. The van der Waals surface area contributed by atoms with Gasteiger partial charge in [-0.05, 0) is 47.4 Å². The largest absolute Gasteiger partial charge is 0.504 e. The average molecular weight is 317 g/mol. The van der Waals surface area contributed by atoms with Crippen LogP contribution in [0.15, 0.2) is 30.3 Å². The van der Waals surface area contributed by atoms with Crippen molar-refractivity contribution in [1.82, 2.24) is 5.32 Å². The Labute approximate surface area is 133 Å². The number of aliphatic hydroxyl groups excluding tert-OH is 1. The highest BCUT2D eigenvalue weighted by atomic mass is 16.5. The number of ether oxygens (including phenoxy) is 1. The van der Waals surface area contributed by atoms with Crippen LogP contribution in [0.4, 0.5) is 0 Å². The summed E-state index contributed by atoms with van der Waals surface area (Å²) in [7, 11) is 1.49. The Morgan fingerprint density at radius 2 is 1.74 bits per heavy atom. The van der Waals surface area contributed by atoms with Gasteiger partial charge in [0.15, 0.2) is 23.0 Å². The molecule has 0 saturated carbocycles. The number of aromatic hydroxyl groups is 3. The second kappa shape index (κ2) is 5.98. The van der Waals surface area contributed by atoms with Crippen molar-refractivity contribution >= 4 is 0 Å². The van der Waals surface area contributed by atoms with Gasteiger partial charge in [0.2, 0.25) is 0 Å². The van der Waals surface area contributed by atoms with Gasteiger partial charge < -0.3 is 30.5 Å². The molecule has 0 bridgehead atoms. The van der Waals surface area contributed by atoms with Gasteiger partial charge in [-0.25, -0.2) is 0 Å². The fourth-order valence-corrected chi connectivity index (χ4v) is 2.94. The van der Waals surface area contributed by atoms with Gasteiger partial charge in [0, 0.05) is 12.6 Å². The Morgan fingerprint density at radius 1 is 1.04 bits per heavy atom. The summed E-state index contributed by atoms with van der Waals surface area (Å²) >= 11 is 0. The smallest absolute Gasteiger partial charge is 0.160 e. The molecule has 0 amide bonds. The first-order valence-electron chi connectivity index (χ1n) is 7.32. The van der Waals surface area contributed by atoms with Crippen molar-refractivity contribution in [2.24, 2.45) is 0 Å². The van der Waals surface area contributed by atoms with Crippen LogP contribution in [-0.2, 0) is 6.42 Å². The normalized spacial score (nSPS) is 20.1. The summed E-state index contributed by atoms with van der Waals surface area (Å²) in [6.45, 7) is 0.358. The van der Waals surface area contributed by atoms with E-state index >= 15 is 0 Å². The number of nitrogens with one attached hydrogen (secondary N) is 1. The highest BCUT2D eigenvalue weighted by molar-refractivity contribution is 5.49. The van der Waals surface area contributed by atoms with Crippen LogP contribution in [0.25, 0.3) is 0 Å². The van der Waals surface area contributed by atoms with Crippen molar-refractivity contribution in [3.05, 3.63) is 47.0 Å². The Morgan fingerprint density at radius 3 is 2.43 bits per heavy atom. The minimum absolute atomic E-state index is 0.0752. The lowest BCUT2D eigenvalue weighted by molar-refractivity contribution is 0.156. The van der Waals surface area contributed by atoms with E-state index in [1.807, 2.05) is 0 Å². The van der Waals surface area contributed by atoms with Crippen LogP contribution in [0.2, 0.25) is 0 Å². The highest BCUT2D eigenvalue weighted by Gasteiger charge is 2.27. The number of phenolic OH excluding ortho intramolecular Hbond substituents is 3. The second-order valence-electron chi connectivity index (χ2n) is 5.66. The van der Waals surface area contributed by atoms with E-state index < -0.39 is 6.10 Å². The lowest BCUT2D eigenvalue weighted by Gasteiger charge is -2.30. The average Bonchev–Trinajstić information content (AvgIpc) is 2.54. The molecule has 6 nitrogen and oxygen atoms in total. The molecule has 1 heterocycles. The van der Waals surface area contributed by atoms with Crippen molar-refractivity contribution in [3.8, 4) is 23.0 Å². The van der Waals surface area contributed by atoms with Gasteiger partial charge in [0.05, 0.1) is 13.2 Å². The number of hydrogen-bond acceptors (Lipinski definition) is 6. The second-order valence-corrected chi connectivity index (χ2v) is 5.66. The Kier molecular flexibility index (Phi) is 4.02. The van der Waals surface area contributed by atoms with Crippen molar-refractivity contribution < 1.29 is 25.2 Å². The lowest BCUT2D eigenvalue weighted by atomic mass is 9.88. The molecule has 2 atom stereocenters. The molecule has 0 spiro atoms. The van der Waals surface area contributed by atoms with E-state index in [0.29, 0.717) is 24.3 Å². The number of β-amino-alcohol motifs (C(OH)–C–C–N with tert-alkyl or cyclic N) is 1. The SMILES string of the molecule is COc1cc(CC2NCC(O)c3cc(O)c(O)cc32)ccc1O. The van der Waals surface area contributed by atoms with E-state index in [9.17, 15) is 20.4 Å². The van der Waals surface area contributed by atoms with E-state index in [-0.39, 0.29) is 23.3 Å². The Bertz CT molecular complexity index is 731. The summed E-state index contributed by atoms with van der Waals surface area (Å²) in [5.41, 5.74) is 2.29. The monoisotopic (exact) mass is 317 g/mol. The molecule has 1 aliphatic rings. The zero-order chi connectivity index (χ0) is 16.6. The Hall–Kier alpha value is -2.44. The van der Waals surface area contributed by atoms with Gasteiger partial charge in [-0.3, -0.25) is 0 Å². The first kappa shape index (κ1) is 15.5. The first-order valence-corrected chi connectivity index (χ1v) is 7.32. The van der Waals surface area contributed by atoms with Crippen molar-refractivity contribution in [2.45, 2.75) is 18.6 Å². The topological polar surface area (TPSA) is 102 Å². The summed E-state index contributed by atoms with van der Waals surface area (Å²) in [5.74, 6) is 0.0149. The molecule has 3 rings (SSSR count). The summed E-state index contributed by atoms with van der Waals surface area (Å²) < 4.78 is 5.11. The molecular weight excluding hydrogens is 298 g/mol. The van der Waals surface area contributed by atoms with Gasteiger partial charge >= 0.3 is 0 Å². The molecule has 0 radical (unpaired) electrons. The van der Waals surface area contributed by atoms with Gasteiger partial charge in [0.25, 0.3) is 0 Å². The number of rotatable bonds is 3. The van der Waals surface area contributed by atoms with Crippen LogP contribution in [0.5, 0.6) is 23.0 Å². The minimum Gasteiger partial charge on any atom is -0.504 e. The van der Waals surface area contributed by atoms with Crippen LogP contribution in [0.1, 0.15) is 28.8 Å². The summed E-state index contributed by atoms with van der Waals surface area (Å²) in [4.78, 5) is 0. The predicted octanol–water partition coefficient (Wildman–Crippen LogP) is 1.73. The van der Waals surface area contributed by atoms with Crippen LogP contribution in [0, 0.1) is 0 Å². The fourth-order valence-electron chi connectivity index (χ4n) is 2.94. The minimum atomic E-state index is -0.734. The predicted molar refractivity (Wildman–Crippen MR) is 83.8 cm³/mol. The number of aliphatic hydroxyl groups is 1. The van der Waals surface area contributed by atoms with Crippen LogP contribution < -0.4 is 10.1 Å². The standard InChI is InChI=1S/C17H19NO5/c1-23-17-5-9(2-3-13(17)19)4-12-10-6-14(20)15(21)7-11(10)16(22)8-18-12/h2-3,5-7,12,16,18-22H,4,8H2,1H3. The third-order valence-corrected chi connectivity index (χ3v) is 4.16. The third-order valence-electron chi connectivity index (χ3n) is 4.16. The van der Waals surface area contributed by atoms with E-state index in [0.717, 1.165) is 11.1 Å². The summed E-state index contributed by atoms with van der Waals surface area (Å²) in [6.07, 6.45) is -0.150. The van der Waals surface area contributed by atoms with E-state index in [1.165, 1.54) is 19.2 Å². The van der Waals surface area contributed by atoms with Crippen LogP contribution in [0.3, 0.4) is 0 Å². The van der Waals surface area contributed by atoms with Crippen LogP contribution >= 0.6 is 0 Å². The van der Waals surface area contributed by atoms with E-state index in [4.69, 9.17) is 4.74 Å². The molecule has 0 fully saturated rings.